The summed E-state index contributed by atoms with van der Waals surface area (Å²) in [5.41, 5.74) is 1.96. The molecule has 0 aliphatic carbocycles. The third kappa shape index (κ3) is 3.32. The quantitative estimate of drug-likeness (QED) is 0.757. The van der Waals surface area contributed by atoms with Crippen molar-refractivity contribution in [2.75, 3.05) is 5.32 Å². The van der Waals surface area contributed by atoms with E-state index in [1.165, 1.54) is 6.07 Å². The molecule has 0 aromatic carbocycles. The summed E-state index contributed by atoms with van der Waals surface area (Å²) in [4.78, 5) is 31.1. The monoisotopic (exact) mass is 294 g/mol. The van der Waals surface area contributed by atoms with Crippen LogP contribution in [0.15, 0.2) is 47.5 Å². The molecule has 0 atom stereocenters. The van der Waals surface area contributed by atoms with Gasteiger partial charge in [0.1, 0.15) is 5.82 Å². The third-order valence-electron chi connectivity index (χ3n) is 2.92. The Morgan fingerprint density at radius 2 is 2.00 bits per heavy atom. The summed E-state index contributed by atoms with van der Waals surface area (Å²) in [7, 11) is 0. The SMILES string of the molecule is Cc1nc(CNc2nccc(-c3ccccn3)n2)cc(=O)[nH]1. The molecule has 0 bridgehead atoms. The highest BCUT2D eigenvalue weighted by atomic mass is 16.1. The molecule has 0 saturated carbocycles. The van der Waals surface area contributed by atoms with Crippen molar-refractivity contribution in [3.05, 3.63) is 64.6 Å². The highest BCUT2D eigenvalue weighted by Gasteiger charge is 2.04. The van der Waals surface area contributed by atoms with Crippen LogP contribution in [0, 0.1) is 6.92 Å². The number of anilines is 1. The number of rotatable bonds is 4. The first-order chi connectivity index (χ1) is 10.7. The van der Waals surface area contributed by atoms with E-state index in [9.17, 15) is 4.79 Å². The zero-order chi connectivity index (χ0) is 15.4. The Bertz CT molecular complexity index is 831. The highest BCUT2D eigenvalue weighted by Crippen LogP contribution is 2.14. The van der Waals surface area contributed by atoms with Gasteiger partial charge >= 0.3 is 0 Å². The molecule has 2 N–H and O–H groups in total. The fraction of sp³-hybridized carbons (Fsp3) is 0.133. The molecule has 3 rings (SSSR count). The Morgan fingerprint density at radius 3 is 2.77 bits per heavy atom. The number of pyridine rings is 1. The van der Waals surface area contributed by atoms with Crippen LogP contribution in [0.4, 0.5) is 5.95 Å². The lowest BCUT2D eigenvalue weighted by Gasteiger charge is -2.06. The van der Waals surface area contributed by atoms with Crippen LogP contribution in [0.2, 0.25) is 0 Å². The maximum atomic E-state index is 11.4. The molecule has 7 nitrogen and oxygen atoms in total. The van der Waals surface area contributed by atoms with E-state index in [4.69, 9.17) is 0 Å². The first-order valence-electron chi connectivity index (χ1n) is 6.76. The van der Waals surface area contributed by atoms with Crippen LogP contribution in [0.3, 0.4) is 0 Å². The smallest absolute Gasteiger partial charge is 0.251 e. The van der Waals surface area contributed by atoms with Crippen molar-refractivity contribution in [3.63, 3.8) is 0 Å². The van der Waals surface area contributed by atoms with Crippen molar-refractivity contribution < 1.29 is 0 Å². The minimum atomic E-state index is -0.174. The van der Waals surface area contributed by atoms with E-state index in [1.54, 1.807) is 25.4 Å². The number of nitrogens with one attached hydrogen (secondary N) is 2. The number of aryl methyl sites for hydroxylation is 1. The van der Waals surface area contributed by atoms with Gasteiger partial charge in [0.2, 0.25) is 5.95 Å². The van der Waals surface area contributed by atoms with Crippen LogP contribution in [-0.4, -0.2) is 24.9 Å². The van der Waals surface area contributed by atoms with Gasteiger partial charge in [-0.15, -0.1) is 0 Å². The normalized spacial score (nSPS) is 10.4. The standard InChI is InChI=1S/C15H14N6O/c1-10-19-11(8-14(22)20-10)9-18-15-17-7-5-13(21-15)12-4-2-3-6-16-12/h2-8H,9H2,1H3,(H,17,18,21)(H,19,20,22). The minimum Gasteiger partial charge on any atom is -0.349 e. The van der Waals surface area contributed by atoms with Crippen molar-refractivity contribution >= 4 is 5.95 Å². The van der Waals surface area contributed by atoms with Gasteiger partial charge < -0.3 is 10.3 Å². The van der Waals surface area contributed by atoms with Gasteiger partial charge in [0.15, 0.2) is 0 Å². The summed E-state index contributed by atoms with van der Waals surface area (Å²) in [6.45, 7) is 2.11. The Hall–Kier alpha value is -3.09. The van der Waals surface area contributed by atoms with Gasteiger partial charge in [0.25, 0.3) is 5.56 Å². The van der Waals surface area contributed by atoms with Gasteiger partial charge in [-0.1, -0.05) is 6.07 Å². The Kier molecular flexibility index (Phi) is 3.86. The predicted octanol–water partition coefficient (Wildman–Crippen LogP) is 1.54. The van der Waals surface area contributed by atoms with Crippen molar-refractivity contribution in [2.45, 2.75) is 13.5 Å². The second-order valence-electron chi connectivity index (χ2n) is 4.66. The third-order valence-corrected chi connectivity index (χ3v) is 2.92. The molecular formula is C15H14N6O. The summed E-state index contributed by atoms with van der Waals surface area (Å²) in [6.07, 6.45) is 3.38. The van der Waals surface area contributed by atoms with Gasteiger partial charge in [-0.3, -0.25) is 9.78 Å². The molecule has 0 spiro atoms. The van der Waals surface area contributed by atoms with Crippen LogP contribution in [0.25, 0.3) is 11.4 Å². The largest absolute Gasteiger partial charge is 0.349 e. The zero-order valence-electron chi connectivity index (χ0n) is 11.9. The number of aromatic nitrogens is 5. The van der Waals surface area contributed by atoms with Crippen molar-refractivity contribution in [1.82, 2.24) is 24.9 Å². The van der Waals surface area contributed by atoms with E-state index in [0.29, 0.717) is 24.0 Å². The fourth-order valence-corrected chi connectivity index (χ4v) is 2.00. The van der Waals surface area contributed by atoms with Crippen LogP contribution < -0.4 is 10.9 Å². The van der Waals surface area contributed by atoms with Crippen LogP contribution in [0.1, 0.15) is 11.5 Å². The molecule has 3 aromatic rings. The average molecular weight is 294 g/mol. The molecule has 0 aliphatic heterocycles. The minimum absolute atomic E-state index is 0.174. The molecule has 0 fully saturated rings. The topological polar surface area (TPSA) is 96.4 Å². The van der Waals surface area contributed by atoms with E-state index < -0.39 is 0 Å². The average Bonchev–Trinajstić information content (AvgIpc) is 2.53. The Balaban J connectivity index is 1.77. The van der Waals surface area contributed by atoms with E-state index >= 15 is 0 Å². The number of hydrogen-bond acceptors (Lipinski definition) is 6. The molecule has 3 aromatic heterocycles. The van der Waals surface area contributed by atoms with Gasteiger partial charge in [0, 0.05) is 18.5 Å². The molecule has 0 amide bonds. The van der Waals surface area contributed by atoms with Crippen LogP contribution in [0.5, 0.6) is 0 Å². The summed E-state index contributed by atoms with van der Waals surface area (Å²) in [6, 6.07) is 8.88. The molecule has 0 aliphatic rings. The number of aromatic amines is 1. The van der Waals surface area contributed by atoms with Gasteiger partial charge in [-0.05, 0) is 25.1 Å². The van der Waals surface area contributed by atoms with E-state index in [0.717, 1.165) is 11.4 Å². The van der Waals surface area contributed by atoms with Crippen LogP contribution >= 0.6 is 0 Å². The second-order valence-corrected chi connectivity index (χ2v) is 4.66. The van der Waals surface area contributed by atoms with E-state index in [1.807, 2.05) is 18.2 Å². The summed E-state index contributed by atoms with van der Waals surface area (Å²) in [5, 5.41) is 3.06. The lowest BCUT2D eigenvalue weighted by Crippen LogP contribution is -2.13. The second kappa shape index (κ2) is 6.13. The van der Waals surface area contributed by atoms with Gasteiger partial charge in [-0.25, -0.2) is 15.0 Å². The lowest BCUT2D eigenvalue weighted by molar-refractivity contribution is 0.923. The first-order valence-corrected chi connectivity index (χ1v) is 6.76. The predicted molar refractivity (Wildman–Crippen MR) is 82.2 cm³/mol. The molecule has 110 valence electrons. The van der Waals surface area contributed by atoms with Crippen LogP contribution in [-0.2, 0) is 6.54 Å². The van der Waals surface area contributed by atoms with E-state index in [2.05, 4.69) is 30.2 Å². The number of hydrogen-bond donors (Lipinski definition) is 2. The summed E-state index contributed by atoms with van der Waals surface area (Å²) in [5.74, 6) is 1.04. The molecule has 3 heterocycles. The number of nitrogens with zero attached hydrogens (tertiary/aromatic N) is 4. The molecular weight excluding hydrogens is 280 g/mol. The Labute approximate surface area is 126 Å². The molecule has 0 saturated heterocycles. The maximum Gasteiger partial charge on any atom is 0.251 e. The van der Waals surface area contributed by atoms with Crippen molar-refractivity contribution in [3.8, 4) is 11.4 Å². The first kappa shape index (κ1) is 13.9. The molecule has 0 radical (unpaired) electrons. The molecule has 7 heteroatoms. The molecule has 0 unspecified atom stereocenters. The number of H-pyrrole nitrogens is 1. The molecule has 22 heavy (non-hydrogen) atoms. The zero-order valence-corrected chi connectivity index (χ0v) is 11.9. The van der Waals surface area contributed by atoms with Crippen molar-refractivity contribution in [1.29, 1.82) is 0 Å². The van der Waals surface area contributed by atoms with Gasteiger partial charge in [-0.2, -0.15) is 0 Å². The fourth-order valence-electron chi connectivity index (χ4n) is 2.00. The highest BCUT2D eigenvalue weighted by molar-refractivity contribution is 5.54. The Morgan fingerprint density at radius 1 is 1.09 bits per heavy atom. The summed E-state index contributed by atoms with van der Waals surface area (Å²) < 4.78 is 0. The summed E-state index contributed by atoms with van der Waals surface area (Å²) >= 11 is 0. The van der Waals surface area contributed by atoms with Gasteiger partial charge in [0.05, 0.1) is 23.6 Å². The maximum absolute atomic E-state index is 11.4. The lowest BCUT2D eigenvalue weighted by atomic mass is 10.2. The van der Waals surface area contributed by atoms with E-state index in [-0.39, 0.29) is 5.56 Å². The van der Waals surface area contributed by atoms with Crippen molar-refractivity contribution in [2.24, 2.45) is 0 Å².